The van der Waals surface area contributed by atoms with Crippen molar-refractivity contribution in [3.05, 3.63) is 11.6 Å². The van der Waals surface area contributed by atoms with Gasteiger partial charge < -0.3 is 9.90 Å². The summed E-state index contributed by atoms with van der Waals surface area (Å²) in [4.78, 5) is 22.1. The predicted molar refractivity (Wildman–Crippen MR) is 69.1 cm³/mol. The van der Waals surface area contributed by atoms with Gasteiger partial charge in [-0.15, -0.1) is 0 Å². The fourth-order valence-electron chi connectivity index (χ4n) is 3.38. The zero-order valence-electron chi connectivity index (χ0n) is 11.4. The molecule has 1 N–H and O–H groups in total. The Hall–Kier alpha value is -1.12. The molecule has 0 spiro atoms. The van der Waals surface area contributed by atoms with Crippen molar-refractivity contribution in [2.45, 2.75) is 46.5 Å². The summed E-state index contributed by atoms with van der Waals surface area (Å²) in [5.74, 6) is 0.379. The number of aliphatic carboxylic acids is 1. The lowest BCUT2D eigenvalue weighted by Crippen LogP contribution is -2.48. The second kappa shape index (κ2) is 4.22. The van der Waals surface area contributed by atoms with Crippen LogP contribution in [-0.2, 0) is 9.59 Å². The summed E-state index contributed by atoms with van der Waals surface area (Å²) < 4.78 is 0. The quantitative estimate of drug-likeness (QED) is 0.463. The molecule has 3 atom stereocenters. The van der Waals surface area contributed by atoms with Crippen molar-refractivity contribution in [1.29, 1.82) is 0 Å². The molecule has 1 fully saturated rings. The first-order valence-electron chi connectivity index (χ1n) is 6.70. The number of carbonyl (C=O) groups excluding carboxylic acids is 1. The average molecular weight is 250 g/mol. The zero-order valence-corrected chi connectivity index (χ0v) is 11.4. The lowest BCUT2D eigenvalue weighted by molar-refractivity contribution is -0.150. The minimum atomic E-state index is -1.23. The average Bonchev–Trinajstić information content (AvgIpc) is 2.35. The normalized spacial score (nSPS) is 31.8. The minimum absolute atomic E-state index is 0.366. The van der Waals surface area contributed by atoms with Gasteiger partial charge in [-0.3, -0.25) is 4.79 Å². The topological polar surface area (TPSA) is 54.4 Å². The molecule has 0 radical (unpaired) electrons. The highest BCUT2D eigenvalue weighted by molar-refractivity contribution is 5.91. The van der Waals surface area contributed by atoms with Crippen molar-refractivity contribution in [2.24, 2.45) is 22.7 Å². The van der Waals surface area contributed by atoms with E-state index < -0.39 is 11.4 Å². The number of carboxylic acids is 1. The van der Waals surface area contributed by atoms with Gasteiger partial charge in [0.1, 0.15) is 11.7 Å². The molecule has 3 rings (SSSR count). The van der Waals surface area contributed by atoms with Crippen molar-refractivity contribution in [2.75, 3.05) is 0 Å². The molecule has 3 aliphatic carbocycles. The first-order valence-corrected chi connectivity index (χ1v) is 6.70. The lowest BCUT2D eigenvalue weighted by Gasteiger charge is -2.56. The molecule has 3 nitrogen and oxygen atoms in total. The molecule has 3 unspecified atom stereocenters. The molecule has 0 saturated heterocycles. The smallest absolute Gasteiger partial charge is 0.316 e. The van der Waals surface area contributed by atoms with E-state index in [9.17, 15) is 9.59 Å². The molecule has 0 aromatic heterocycles. The van der Waals surface area contributed by atoms with Gasteiger partial charge in [-0.05, 0) is 49.9 Å². The Balaban J connectivity index is 2.02. The molecule has 18 heavy (non-hydrogen) atoms. The minimum Gasteiger partial charge on any atom is -0.481 e. The number of hydrogen-bond donors (Lipinski definition) is 1. The number of fused-ring (bicyclic) bond motifs is 1. The largest absolute Gasteiger partial charge is 0.481 e. The maximum Gasteiger partial charge on any atom is 0.316 e. The van der Waals surface area contributed by atoms with Crippen molar-refractivity contribution in [3.8, 4) is 0 Å². The van der Waals surface area contributed by atoms with Crippen LogP contribution in [0.5, 0.6) is 0 Å². The predicted octanol–water partition coefficient (Wildman–Crippen LogP) is 3.05. The van der Waals surface area contributed by atoms with E-state index in [4.69, 9.17) is 5.11 Å². The van der Waals surface area contributed by atoms with Gasteiger partial charge in [0.25, 0.3) is 0 Å². The van der Waals surface area contributed by atoms with Gasteiger partial charge in [0.2, 0.25) is 0 Å². The van der Waals surface area contributed by atoms with E-state index in [0.29, 0.717) is 24.0 Å². The third kappa shape index (κ3) is 1.90. The zero-order chi connectivity index (χ0) is 13.6. The summed E-state index contributed by atoms with van der Waals surface area (Å²) >= 11 is 0. The van der Waals surface area contributed by atoms with Gasteiger partial charge in [0.05, 0.1) is 0 Å². The van der Waals surface area contributed by atoms with Crippen LogP contribution in [0.25, 0.3) is 0 Å². The fraction of sp³-hybridized carbons (Fsp3) is 0.733. The van der Waals surface area contributed by atoms with Gasteiger partial charge in [-0.2, -0.15) is 0 Å². The van der Waals surface area contributed by atoms with Crippen LogP contribution >= 0.6 is 0 Å². The second-order valence-corrected chi connectivity index (χ2v) is 6.66. The number of rotatable bonds is 5. The fourth-order valence-corrected chi connectivity index (χ4v) is 3.38. The van der Waals surface area contributed by atoms with Crippen LogP contribution in [0.3, 0.4) is 0 Å². The molecular formula is C15H22O3. The van der Waals surface area contributed by atoms with E-state index in [-0.39, 0.29) is 0 Å². The van der Waals surface area contributed by atoms with Crippen LogP contribution in [0.4, 0.5) is 0 Å². The third-order valence-corrected chi connectivity index (χ3v) is 5.26. The molecule has 3 heteroatoms. The van der Waals surface area contributed by atoms with E-state index in [2.05, 4.69) is 19.9 Å². The highest BCUT2D eigenvalue weighted by Crippen LogP contribution is 2.60. The second-order valence-electron chi connectivity index (χ2n) is 6.66. The van der Waals surface area contributed by atoms with Crippen LogP contribution in [0, 0.1) is 22.7 Å². The van der Waals surface area contributed by atoms with Gasteiger partial charge in [0, 0.05) is 0 Å². The lowest BCUT2D eigenvalue weighted by atomic mass is 9.48. The van der Waals surface area contributed by atoms with E-state index in [1.807, 2.05) is 0 Å². The third-order valence-electron chi connectivity index (χ3n) is 5.26. The maximum absolute atomic E-state index is 11.1. The maximum atomic E-state index is 11.1. The summed E-state index contributed by atoms with van der Waals surface area (Å²) in [6.07, 6.45) is 6.36. The van der Waals surface area contributed by atoms with Crippen LogP contribution in [-0.4, -0.2) is 17.4 Å². The standard InChI is InChI=1S/C15H22O3/c1-14(2)11-5-4-10(12(14)8-11)6-7-15(3,9-16)13(17)18/h4,9,11-12H,5-8H2,1-3H3,(H,17,18). The van der Waals surface area contributed by atoms with E-state index >= 15 is 0 Å². The molecule has 2 bridgehead atoms. The molecule has 3 aliphatic rings. The molecule has 0 aromatic carbocycles. The molecule has 0 aliphatic heterocycles. The van der Waals surface area contributed by atoms with E-state index in [0.717, 1.165) is 18.8 Å². The molecule has 0 aromatic rings. The van der Waals surface area contributed by atoms with Crippen LogP contribution in [0.2, 0.25) is 0 Å². The summed E-state index contributed by atoms with van der Waals surface area (Å²) in [5, 5.41) is 9.09. The summed E-state index contributed by atoms with van der Waals surface area (Å²) in [5.41, 5.74) is 0.507. The Bertz CT molecular complexity index is 408. The van der Waals surface area contributed by atoms with Gasteiger partial charge in [-0.25, -0.2) is 0 Å². The summed E-state index contributed by atoms with van der Waals surface area (Å²) in [6, 6.07) is 0. The van der Waals surface area contributed by atoms with Crippen molar-refractivity contribution in [1.82, 2.24) is 0 Å². The first-order chi connectivity index (χ1) is 8.31. The van der Waals surface area contributed by atoms with Crippen molar-refractivity contribution in [3.63, 3.8) is 0 Å². The monoisotopic (exact) mass is 250 g/mol. The van der Waals surface area contributed by atoms with Gasteiger partial charge >= 0.3 is 5.97 Å². The van der Waals surface area contributed by atoms with E-state index in [1.165, 1.54) is 18.9 Å². The number of carbonyl (C=O) groups is 2. The molecule has 1 saturated carbocycles. The summed E-state index contributed by atoms with van der Waals surface area (Å²) in [6.45, 7) is 6.12. The van der Waals surface area contributed by atoms with E-state index in [1.54, 1.807) is 0 Å². The van der Waals surface area contributed by atoms with Gasteiger partial charge in [0.15, 0.2) is 0 Å². The number of aldehydes is 1. The highest BCUT2D eigenvalue weighted by atomic mass is 16.4. The van der Waals surface area contributed by atoms with Crippen LogP contribution < -0.4 is 0 Å². The number of allylic oxidation sites excluding steroid dienone is 2. The van der Waals surface area contributed by atoms with Gasteiger partial charge in [-0.1, -0.05) is 25.5 Å². The Morgan fingerprint density at radius 1 is 1.61 bits per heavy atom. The Morgan fingerprint density at radius 2 is 2.28 bits per heavy atom. The van der Waals surface area contributed by atoms with Crippen molar-refractivity contribution < 1.29 is 14.7 Å². The Morgan fingerprint density at radius 3 is 2.72 bits per heavy atom. The number of hydrogen-bond acceptors (Lipinski definition) is 2. The van der Waals surface area contributed by atoms with Crippen LogP contribution in [0.15, 0.2) is 11.6 Å². The van der Waals surface area contributed by atoms with Crippen LogP contribution in [0.1, 0.15) is 46.5 Å². The number of carboxylic acid groups (broad SMARTS) is 1. The summed E-state index contributed by atoms with van der Waals surface area (Å²) in [7, 11) is 0. The SMILES string of the molecule is CC(C=O)(CCC1=CCC2CC1C2(C)C)C(=O)O. The molecule has 0 amide bonds. The Kier molecular flexibility index (Phi) is 3.12. The Labute approximate surface area is 108 Å². The van der Waals surface area contributed by atoms with Crippen molar-refractivity contribution >= 4 is 12.3 Å². The molecule has 0 heterocycles. The molecular weight excluding hydrogens is 228 g/mol. The molecule has 100 valence electrons. The highest BCUT2D eigenvalue weighted by Gasteiger charge is 2.51. The first kappa shape index (κ1) is 13.3.